The molecule has 4 heterocycles. The molecule has 0 atom stereocenters. The van der Waals surface area contributed by atoms with Crippen LogP contribution >= 0.6 is 11.3 Å². The van der Waals surface area contributed by atoms with Gasteiger partial charge in [0.25, 0.3) is 0 Å². The van der Waals surface area contributed by atoms with Crippen LogP contribution in [0, 0.1) is 12.7 Å². The molecule has 0 aliphatic carbocycles. The topological polar surface area (TPSA) is 46.3 Å². The molecule has 0 N–H and O–H groups in total. The summed E-state index contributed by atoms with van der Waals surface area (Å²) >= 11 is 1.62. The fourth-order valence-electron chi connectivity index (χ4n) is 3.74. The van der Waals surface area contributed by atoms with Gasteiger partial charge in [-0.15, -0.1) is 11.3 Å². The molecule has 0 bridgehead atoms. The van der Waals surface area contributed by atoms with E-state index in [1.807, 2.05) is 31.3 Å². The monoisotopic (exact) mass is 381 g/mol. The lowest BCUT2D eigenvalue weighted by molar-refractivity contribution is 0.255. The molecule has 4 aromatic rings. The maximum absolute atomic E-state index is 14.8. The van der Waals surface area contributed by atoms with Gasteiger partial charge in [-0.1, -0.05) is 0 Å². The second-order valence-electron chi connectivity index (χ2n) is 7.34. The molecule has 0 unspecified atom stereocenters. The van der Waals surface area contributed by atoms with Crippen LogP contribution in [0.25, 0.3) is 27.1 Å². The number of rotatable bonds is 2. The Morgan fingerprint density at radius 2 is 1.96 bits per heavy atom. The number of likely N-dealkylation sites (tertiary alicyclic amines) is 1. The summed E-state index contributed by atoms with van der Waals surface area (Å²) in [4.78, 5) is 11.4. The Kier molecular flexibility index (Phi) is 3.94. The number of halogens is 1. The van der Waals surface area contributed by atoms with Crippen molar-refractivity contribution in [2.45, 2.75) is 25.7 Å². The fraction of sp³-hybridized carbons (Fsp3) is 0.350. The van der Waals surface area contributed by atoms with Crippen LogP contribution < -0.4 is 0 Å². The average molecular weight is 381 g/mol. The normalized spacial score (nSPS) is 16.6. The Morgan fingerprint density at radius 3 is 2.78 bits per heavy atom. The van der Waals surface area contributed by atoms with Crippen LogP contribution in [0.4, 0.5) is 4.39 Å². The van der Waals surface area contributed by atoms with E-state index in [0.717, 1.165) is 58.2 Å². The summed E-state index contributed by atoms with van der Waals surface area (Å²) in [5.74, 6) is 0.159. The zero-order valence-electron chi connectivity index (χ0n) is 15.3. The second-order valence-corrected chi connectivity index (χ2v) is 8.40. The van der Waals surface area contributed by atoms with Gasteiger partial charge >= 0.3 is 0 Å². The maximum Gasteiger partial charge on any atom is 0.153 e. The molecule has 27 heavy (non-hydrogen) atoms. The van der Waals surface area contributed by atoms with E-state index in [0.29, 0.717) is 11.4 Å². The number of piperidine rings is 1. The van der Waals surface area contributed by atoms with Crippen molar-refractivity contribution in [1.29, 1.82) is 0 Å². The first kappa shape index (κ1) is 16.8. The zero-order valence-corrected chi connectivity index (χ0v) is 16.1. The highest BCUT2D eigenvalue weighted by Gasteiger charge is 2.22. The highest BCUT2D eigenvalue weighted by atomic mass is 32.1. The summed E-state index contributed by atoms with van der Waals surface area (Å²) in [6.07, 6.45) is 4.05. The van der Waals surface area contributed by atoms with Crippen LogP contribution in [-0.2, 0) is 0 Å². The molecule has 1 aromatic carbocycles. The highest BCUT2D eigenvalue weighted by molar-refractivity contribution is 7.18. The minimum atomic E-state index is -0.276. The number of hydrogen-bond acceptors (Lipinski definition) is 5. The van der Waals surface area contributed by atoms with E-state index in [9.17, 15) is 4.39 Å². The first-order chi connectivity index (χ1) is 13.1. The van der Waals surface area contributed by atoms with E-state index in [4.69, 9.17) is 0 Å². The Hall–Kier alpha value is -2.38. The van der Waals surface area contributed by atoms with Crippen LogP contribution in [0.1, 0.15) is 29.5 Å². The molecule has 0 radical (unpaired) electrons. The van der Waals surface area contributed by atoms with E-state index in [1.54, 1.807) is 21.9 Å². The molecule has 0 saturated carbocycles. The molecule has 138 valence electrons. The van der Waals surface area contributed by atoms with Gasteiger partial charge in [-0.25, -0.2) is 18.9 Å². The number of benzene rings is 1. The van der Waals surface area contributed by atoms with Gasteiger partial charge < -0.3 is 4.90 Å². The third-order valence-corrected chi connectivity index (χ3v) is 6.43. The van der Waals surface area contributed by atoms with Crippen molar-refractivity contribution in [3.63, 3.8) is 0 Å². The van der Waals surface area contributed by atoms with Crippen molar-refractivity contribution in [3.8, 4) is 11.3 Å². The number of hydrogen-bond donors (Lipinski definition) is 0. The largest absolute Gasteiger partial charge is 0.306 e. The van der Waals surface area contributed by atoms with Crippen molar-refractivity contribution in [2.75, 3.05) is 20.1 Å². The summed E-state index contributed by atoms with van der Waals surface area (Å²) in [5.41, 5.74) is 3.69. The Labute approximate surface area is 160 Å². The van der Waals surface area contributed by atoms with Crippen molar-refractivity contribution in [3.05, 3.63) is 47.0 Å². The van der Waals surface area contributed by atoms with Gasteiger partial charge in [0.2, 0.25) is 0 Å². The van der Waals surface area contributed by atoms with Crippen molar-refractivity contribution in [2.24, 2.45) is 0 Å². The second kappa shape index (κ2) is 6.35. The molecule has 3 aromatic heterocycles. The summed E-state index contributed by atoms with van der Waals surface area (Å²) < 4.78 is 17.4. The van der Waals surface area contributed by atoms with Crippen LogP contribution in [0.3, 0.4) is 0 Å². The molecule has 1 saturated heterocycles. The van der Waals surface area contributed by atoms with Gasteiger partial charge in [-0.05, 0) is 64.2 Å². The number of imidazole rings is 1. The molecule has 7 heteroatoms. The lowest BCUT2D eigenvalue weighted by Crippen LogP contribution is -2.29. The van der Waals surface area contributed by atoms with Gasteiger partial charge in [-0.2, -0.15) is 5.10 Å². The van der Waals surface area contributed by atoms with E-state index in [2.05, 4.69) is 27.0 Å². The quantitative estimate of drug-likeness (QED) is 0.520. The molecule has 1 fully saturated rings. The lowest BCUT2D eigenvalue weighted by atomic mass is 9.98. The number of thiazole rings is 1. The van der Waals surface area contributed by atoms with Crippen molar-refractivity contribution >= 4 is 27.2 Å². The molecule has 5 nitrogen and oxygen atoms in total. The Morgan fingerprint density at radius 1 is 1.15 bits per heavy atom. The van der Waals surface area contributed by atoms with E-state index in [1.165, 1.54) is 0 Å². The molecule has 0 spiro atoms. The molecule has 0 amide bonds. The maximum atomic E-state index is 14.8. The third-order valence-electron chi connectivity index (χ3n) is 5.27. The molecular formula is C20H20FN5S. The standard InChI is InChI=1S/C20H20FN5S/c1-12-11-26-18(22-12)4-3-16(24-26)14-9-15(21)19-17(10-14)27-20(23-19)13-5-7-25(2)8-6-13/h3-4,9-11,13H,5-8H2,1-2H3. The minimum absolute atomic E-state index is 0.276. The summed E-state index contributed by atoms with van der Waals surface area (Å²) in [6.45, 7) is 4.08. The molecule has 5 rings (SSSR count). The van der Waals surface area contributed by atoms with E-state index >= 15 is 0 Å². The molecule has 1 aliphatic heterocycles. The van der Waals surface area contributed by atoms with Crippen molar-refractivity contribution < 1.29 is 4.39 Å². The number of aromatic nitrogens is 4. The molecular weight excluding hydrogens is 361 g/mol. The zero-order chi connectivity index (χ0) is 18.5. The van der Waals surface area contributed by atoms with E-state index in [-0.39, 0.29) is 5.82 Å². The number of nitrogens with zero attached hydrogens (tertiary/aromatic N) is 5. The summed E-state index contributed by atoms with van der Waals surface area (Å²) in [6, 6.07) is 7.35. The van der Waals surface area contributed by atoms with Gasteiger partial charge in [0.1, 0.15) is 5.52 Å². The predicted octanol–water partition coefficient (Wildman–Crippen LogP) is 4.26. The molecule has 1 aliphatic rings. The highest BCUT2D eigenvalue weighted by Crippen LogP contribution is 2.36. The third kappa shape index (κ3) is 3.00. The fourth-order valence-corrected chi connectivity index (χ4v) is 4.93. The van der Waals surface area contributed by atoms with Crippen LogP contribution in [0.15, 0.2) is 30.5 Å². The van der Waals surface area contributed by atoms with Gasteiger partial charge in [0.15, 0.2) is 11.5 Å². The van der Waals surface area contributed by atoms with Crippen LogP contribution in [0.2, 0.25) is 0 Å². The number of aryl methyl sites for hydroxylation is 1. The first-order valence-electron chi connectivity index (χ1n) is 9.19. The van der Waals surface area contributed by atoms with Crippen molar-refractivity contribution in [1.82, 2.24) is 24.5 Å². The van der Waals surface area contributed by atoms with Gasteiger partial charge in [0, 0.05) is 11.5 Å². The number of fused-ring (bicyclic) bond motifs is 2. The SMILES string of the molecule is Cc1cn2nc(-c3cc(F)c4nc(C5CCN(C)CC5)sc4c3)ccc2n1. The van der Waals surface area contributed by atoms with Crippen LogP contribution in [-0.4, -0.2) is 44.6 Å². The minimum Gasteiger partial charge on any atom is -0.306 e. The van der Waals surface area contributed by atoms with Gasteiger partial charge in [0.05, 0.1) is 27.3 Å². The Balaban J connectivity index is 1.55. The average Bonchev–Trinajstić information content (AvgIpc) is 3.24. The predicted molar refractivity (Wildman–Crippen MR) is 106 cm³/mol. The first-order valence-corrected chi connectivity index (χ1v) is 10.0. The lowest BCUT2D eigenvalue weighted by Gasteiger charge is -2.27. The summed E-state index contributed by atoms with van der Waals surface area (Å²) in [5, 5.41) is 5.64. The Bertz CT molecular complexity index is 1140. The van der Waals surface area contributed by atoms with Crippen LogP contribution in [0.5, 0.6) is 0 Å². The summed E-state index contributed by atoms with van der Waals surface area (Å²) in [7, 11) is 2.14. The smallest absolute Gasteiger partial charge is 0.153 e. The van der Waals surface area contributed by atoms with Gasteiger partial charge in [-0.3, -0.25) is 0 Å². The van der Waals surface area contributed by atoms with E-state index < -0.39 is 0 Å².